The van der Waals surface area contributed by atoms with Gasteiger partial charge in [-0.25, -0.2) is 9.59 Å². The van der Waals surface area contributed by atoms with Crippen LogP contribution in [0.4, 0.5) is 11.4 Å². The average molecular weight is 559 g/mol. The van der Waals surface area contributed by atoms with Crippen LogP contribution in [0.2, 0.25) is 0 Å². The summed E-state index contributed by atoms with van der Waals surface area (Å²) in [7, 11) is 5.96. The molecule has 0 atom stereocenters. The van der Waals surface area contributed by atoms with E-state index in [4.69, 9.17) is 10.2 Å². The Morgan fingerprint density at radius 3 is 1.40 bits per heavy atom. The van der Waals surface area contributed by atoms with Crippen molar-refractivity contribution in [3.05, 3.63) is 67.8 Å². The maximum Gasteiger partial charge on any atom is 0.342 e. The molecule has 0 unspecified atom stereocenters. The summed E-state index contributed by atoms with van der Waals surface area (Å²) in [6, 6.07) is 8.19. The third-order valence-electron chi connectivity index (χ3n) is 4.56. The predicted octanol–water partition coefficient (Wildman–Crippen LogP) is 7.03. The molecule has 2 rings (SSSR count). The molecule has 2 aromatic carbocycles. The molecule has 10 nitrogen and oxygen atoms in total. The Morgan fingerprint density at radius 2 is 1.06 bits per heavy atom. The van der Waals surface area contributed by atoms with Crippen LogP contribution in [0.15, 0.2) is 46.2 Å². The van der Waals surface area contributed by atoms with Gasteiger partial charge in [-0.15, -0.1) is 0 Å². The first-order chi connectivity index (χ1) is 16.7. The molecule has 35 heavy (non-hydrogen) atoms. The molecule has 2 N–H and O–H groups in total. The van der Waals surface area contributed by atoms with Gasteiger partial charge >= 0.3 is 11.9 Å². The van der Waals surface area contributed by atoms with Gasteiger partial charge in [0.2, 0.25) is 0 Å². The van der Waals surface area contributed by atoms with Gasteiger partial charge in [0.15, 0.2) is 0 Å². The van der Waals surface area contributed by atoms with Gasteiger partial charge < -0.3 is 10.2 Å². The van der Waals surface area contributed by atoms with Gasteiger partial charge in [-0.3, -0.25) is 20.2 Å². The minimum Gasteiger partial charge on any atom is -0.477 e. The summed E-state index contributed by atoms with van der Waals surface area (Å²) in [6.07, 6.45) is 5.17. The van der Waals surface area contributed by atoms with E-state index in [2.05, 4.69) is 0 Å². The third kappa shape index (κ3) is 9.63. The van der Waals surface area contributed by atoms with Crippen molar-refractivity contribution < 1.29 is 29.6 Å². The summed E-state index contributed by atoms with van der Waals surface area (Å²) in [5, 5.41) is 40.1. The number of nitro groups is 2. The smallest absolute Gasteiger partial charge is 0.342 e. The zero-order valence-electron chi connectivity index (χ0n) is 18.3. The van der Waals surface area contributed by atoms with Crippen LogP contribution in [0.5, 0.6) is 0 Å². The molecule has 14 heteroatoms. The van der Waals surface area contributed by atoms with E-state index in [9.17, 15) is 29.8 Å². The Labute approximate surface area is 216 Å². The number of nitro benzene ring substituents is 2. The minimum absolute atomic E-state index is 0.312. The van der Waals surface area contributed by atoms with Gasteiger partial charge in [-0.05, 0) is 37.1 Å². The summed E-state index contributed by atoms with van der Waals surface area (Å²) < 4.78 is 0. The van der Waals surface area contributed by atoms with E-state index >= 15 is 0 Å². The van der Waals surface area contributed by atoms with E-state index in [0.717, 1.165) is 43.6 Å². The summed E-state index contributed by atoms with van der Waals surface area (Å²) in [5.41, 5.74) is -1.46. The lowest BCUT2D eigenvalue weighted by atomic mass is 10.2. The van der Waals surface area contributed by atoms with Gasteiger partial charge in [-0.2, -0.15) is 0 Å². The fourth-order valence-corrected chi connectivity index (χ4v) is 7.17. The standard InChI is InChI=1S/C21H22N2O8S4/c24-20(25)16-12-14(6-8-18(16)22(28)29)34-32-10-4-2-1-3-5-11-33-35-15-7-9-19(23(30)31)17(13-15)21(26)27/h6-9,12-13H,1-5,10-11H2,(H,24,25)(H,26,27). The zero-order chi connectivity index (χ0) is 25.8. The maximum absolute atomic E-state index is 11.2. The number of carboxylic acids is 2. The van der Waals surface area contributed by atoms with Crippen LogP contribution >= 0.6 is 43.2 Å². The molecule has 0 saturated carbocycles. The largest absolute Gasteiger partial charge is 0.477 e. The van der Waals surface area contributed by atoms with Gasteiger partial charge in [0.05, 0.1) is 9.85 Å². The summed E-state index contributed by atoms with van der Waals surface area (Å²) >= 11 is 0. The molecule has 0 bridgehead atoms. The van der Waals surface area contributed by atoms with Crippen LogP contribution in [0.25, 0.3) is 0 Å². The molecule has 0 aliphatic carbocycles. The average Bonchev–Trinajstić information content (AvgIpc) is 2.81. The lowest BCUT2D eigenvalue weighted by Crippen LogP contribution is -2.02. The SMILES string of the molecule is O=C(O)c1cc(SSCCCCCCCSSc2ccc([N+](=O)[O-])c(C(=O)O)c2)ccc1[N+](=O)[O-]. The number of hydrogen-bond donors (Lipinski definition) is 2. The van der Waals surface area contributed by atoms with Crippen LogP contribution in [-0.4, -0.2) is 43.5 Å². The first-order valence-corrected chi connectivity index (χ1v) is 15.0. The van der Waals surface area contributed by atoms with Gasteiger partial charge in [-0.1, -0.05) is 62.4 Å². The molecular weight excluding hydrogens is 537 g/mol. The number of benzene rings is 2. The first-order valence-electron chi connectivity index (χ1n) is 10.3. The molecule has 0 aliphatic heterocycles. The molecule has 0 saturated heterocycles. The van der Waals surface area contributed by atoms with Crippen molar-refractivity contribution in [1.29, 1.82) is 0 Å². The number of nitrogens with zero attached hydrogens (tertiary/aromatic N) is 2. The van der Waals surface area contributed by atoms with Crippen LogP contribution in [0.1, 0.15) is 52.8 Å². The fraction of sp³-hybridized carbons (Fsp3) is 0.333. The van der Waals surface area contributed by atoms with Gasteiger partial charge in [0.1, 0.15) is 11.1 Å². The number of unbranched alkanes of at least 4 members (excludes halogenated alkanes) is 4. The van der Waals surface area contributed by atoms with Crippen LogP contribution in [0.3, 0.4) is 0 Å². The van der Waals surface area contributed by atoms with Crippen LogP contribution < -0.4 is 0 Å². The number of rotatable bonds is 16. The Kier molecular flexibility index (Phi) is 12.2. The highest BCUT2D eigenvalue weighted by molar-refractivity contribution is 8.77. The lowest BCUT2D eigenvalue weighted by molar-refractivity contribution is -0.385. The molecule has 0 aliphatic rings. The predicted molar refractivity (Wildman–Crippen MR) is 140 cm³/mol. The lowest BCUT2D eigenvalue weighted by Gasteiger charge is -2.05. The normalized spacial score (nSPS) is 10.7. The molecule has 0 heterocycles. The van der Waals surface area contributed by atoms with Crippen LogP contribution in [-0.2, 0) is 0 Å². The molecular formula is C21H22N2O8S4. The van der Waals surface area contributed by atoms with Crippen molar-refractivity contribution in [2.45, 2.75) is 41.9 Å². The Hall–Kier alpha value is -2.42. The Bertz CT molecular complexity index is 1000. The van der Waals surface area contributed by atoms with E-state index in [-0.39, 0.29) is 11.1 Å². The number of carbonyl (C=O) groups is 2. The van der Waals surface area contributed by atoms with Crippen molar-refractivity contribution >= 4 is 66.5 Å². The summed E-state index contributed by atoms with van der Waals surface area (Å²) in [6.45, 7) is 0. The zero-order valence-corrected chi connectivity index (χ0v) is 21.6. The minimum atomic E-state index is -1.32. The van der Waals surface area contributed by atoms with Crippen molar-refractivity contribution in [2.24, 2.45) is 0 Å². The van der Waals surface area contributed by atoms with E-state index < -0.39 is 33.2 Å². The van der Waals surface area contributed by atoms with Crippen molar-refractivity contribution in [3.63, 3.8) is 0 Å². The van der Waals surface area contributed by atoms with E-state index in [1.807, 2.05) is 0 Å². The molecule has 0 amide bonds. The van der Waals surface area contributed by atoms with Crippen molar-refractivity contribution in [1.82, 2.24) is 0 Å². The van der Waals surface area contributed by atoms with Crippen LogP contribution in [0, 0.1) is 20.2 Å². The molecule has 0 radical (unpaired) electrons. The monoisotopic (exact) mass is 558 g/mol. The van der Waals surface area contributed by atoms with E-state index in [1.165, 1.54) is 45.9 Å². The highest BCUT2D eigenvalue weighted by Gasteiger charge is 2.21. The molecule has 0 aromatic heterocycles. The fourth-order valence-electron chi connectivity index (χ4n) is 2.87. The van der Waals surface area contributed by atoms with Gasteiger partial charge in [0, 0.05) is 33.4 Å². The second-order valence-corrected chi connectivity index (χ2v) is 12.0. The first kappa shape index (κ1) is 28.8. The van der Waals surface area contributed by atoms with Gasteiger partial charge in [0.25, 0.3) is 11.4 Å². The summed E-state index contributed by atoms with van der Waals surface area (Å²) in [5.74, 6) is -0.890. The highest BCUT2D eigenvalue weighted by atomic mass is 33.1. The second kappa shape index (κ2) is 14.9. The molecule has 2 aromatic rings. The van der Waals surface area contributed by atoms with Crippen molar-refractivity contribution in [3.8, 4) is 0 Å². The highest BCUT2D eigenvalue weighted by Crippen LogP contribution is 2.36. The number of carboxylic acid groups (broad SMARTS) is 2. The summed E-state index contributed by atoms with van der Waals surface area (Å²) in [4.78, 5) is 44.1. The number of aromatic carboxylic acids is 2. The Morgan fingerprint density at radius 1 is 0.686 bits per heavy atom. The van der Waals surface area contributed by atoms with E-state index in [1.54, 1.807) is 33.7 Å². The topological polar surface area (TPSA) is 161 Å². The quantitative estimate of drug-likeness (QED) is 0.0937. The molecule has 0 spiro atoms. The Balaban J connectivity index is 1.58. The maximum atomic E-state index is 11.2. The number of hydrogen-bond acceptors (Lipinski definition) is 10. The molecule has 0 fully saturated rings. The molecule has 188 valence electrons. The van der Waals surface area contributed by atoms with E-state index in [0.29, 0.717) is 9.79 Å². The third-order valence-corrected chi connectivity index (χ3v) is 9.46. The van der Waals surface area contributed by atoms with Crippen molar-refractivity contribution in [2.75, 3.05) is 11.5 Å². The second-order valence-electron chi connectivity index (χ2n) is 7.06.